The number of hydrogen-bond donors (Lipinski definition) is 0. The molecule has 0 amide bonds. The SMILES string of the molecule is O=C1OC(=O)c2c1c(C1C=C(CC(F)(F)F)C1)c1cccnc1c2OCC(F)(F)F. The van der Waals surface area contributed by atoms with Crippen LogP contribution in [0, 0.1) is 0 Å². The van der Waals surface area contributed by atoms with E-state index in [9.17, 15) is 35.9 Å². The smallest absolute Gasteiger partial charge is 0.422 e. The van der Waals surface area contributed by atoms with Crippen molar-refractivity contribution in [3.8, 4) is 5.75 Å². The first-order chi connectivity index (χ1) is 13.9. The van der Waals surface area contributed by atoms with Crippen LogP contribution in [0.5, 0.6) is 5.75 Å². The van der Waals surface area contributed by atoms with Crippen LogP contribution in [-0.2, 0) is 4.74 Å². The van der Waals surface area contributed by atoms with Crippen LogP contribution in [0.15, 0.2) is 30.0 Å². The van der Waals surface area contributed by atoms with Crippen molar-refractivity contribution in [3.05, 3.63) is 46.7 Å². The minimum Gasteiger partial charge on any atom is -0.481 e. The van der Waals surface area contributed by atoms with E-state index in [2.05, 4.69) is 9.72 Å². The Labute approximate surface area is 164 Å². The van der Waals surface area contributed by atoms with Gasteiger partial charge in [-0.2, -0.15) is 26.3 Å². The van der Waals surface area contributed by atoms with Gasteiger partial charge in [0.15, 0.2) is 12.4 Å². The molecule has 1 aromatic carbocycles. The quantitative estimate of drug-likeness (QED) is 0.300. The molecule has 4 rings (SSSR count). The minimum absolute atomic E-state index is 0.0276. The lowest BCUT2D eigenvalue weighted by Gasteiger charge is -2.29. The summed E-state index contributed by atoms with van der Waals surface area (Å²) in [5.74, 6) is -3.49. The van der Waals surface area contributed by atoms with Crippen LogP contribution in [0.25, 0.3) is 10.9 Å². The van der Waals surface area contributed by atoms with E-state index in [1.54, 1.807) is 0 Å². The lowest BCUT2D eigenvalue weighted by molar-refractivity contribution is -0.153. The fraction of sp³-hybridized carbons (Fsp3) is 0.316. The van der Waals surface area contributed by atoms with E-state index in [0.717, 1.165) is 0 Å². The van der Waals surface area contributed by atoms with E-state index >= 15 is 0 Å². The molecule has 11 heteroatoms. The molecule has 1 atom stereocenters. The number of nitrogens with zero attached hydrogens (tertiary/aromatic N) is 1. The van der Waals surface area contributed by atoms with Crippen LogP contribution >= 0.6 is 0 Å². The van der Waals surface area contributed by atoms with Crippen LogP contribution in [-0.4, -0.2) is 35.9 Å². The first kappa shape index (κ1) is 20.2. The van der Waals surface area contributed by atoms with Crippen molar-refractivity contribution in [2.75, 3.05) is 6.61 Å². The maximum absolute atomic E-state index is 12.7. The molecule has 30 heavy (non-hydrogen) atoms. The molecule has 0 radical (unpaired) electrons. The molecule has 5 nitrogen and oxygen atoms in total. The summed E-state index contributed by atoms with van der Waals surface area (Å²) < 4.78 is 85.2. The van der Waals surface area contributed by atoms with Crippen LogP contribution in [0.3, 0.4) is 0 Å². The van der Waals surface area contributed by atoms with Gasteiger partial charge in [0.05, 0.1) is 12.0 Å². The Hall–Kier alpha value is -3.11. The summed E-state index contributed by atoms with van der Waals surface area (Å²) in [6, 6.07) is 2.90. The summed E-state index contributed by atoms with van der Waals surface area (Å²) in [6.07, 6.45) is -7.68. The lowest BCUT2D eigenvalue weighted by Crippen LogP contribution is -2.21. The van der Waals surface area contributed by atoms with Crippen molar-refractivity contribution in [1.82, 2.24) is 4.98 Å². The zero-order valence-corrected chi connectivity index (χ0v) is 14.9. The first-order valence-corrected chi connectivity index (χ1v) is 8.61. The van der Waals surface area contributed by atoms with Gasteiger partial charge in [0.2, 0.25) is 0 Å². The van der Waals surface area contributed by atoms with E-state index in [0.29, 0.717) is 0 Å². The predicted molar refractivity (Wildman–Crippen MR) is 89.2 cm³/mol. The number of rotatable bonds is 4. The van der Waals surface area contributed by atoms with Gasteiger partial charge in [-0.3, -0.25) is 4.98 Å². The fourth-order valence-electron chi connectivity index (χ4n) is 3.68. The summed E-state index contributed by atoms with van der Waals surface area (Å²) in [5.41, 5.74) is -0.615. The number of aromatic nitrogens is 1. The number of ether oxygens (including phenoxy) is 2. The predicted octanol–water partition coefficient (Wildman–Crippen LogP) is 4.85. The molecule has 2 aromatic rings. The summed E-state index contributed by atoms with van der Waals surface area (Å²) in [6.45, 7) is -1.73. The Morgan fingerprint density at radius 2 is 1.73 bits per heavy atom. The molecule has 0 saturated carbocycles. The highest BCUT2D eigenvalue weighted by Gasteiger charge is 2.43. The number of carbonyl (C=O) groups excluding carboxylic acids is 2. The molecule has 1 aliphatic heterocycles. The average Bonchev–Trinajstić information content (AvgIpc) is 2.88. The van der Waals surface area contributed by atoms with E-state index in [1.165, 1.54) is 24.4 Å². The van der Waals surface area contributed by atoms with Crippen molar-refractivity contribution < 1.29 is 45.4 Å². The van der Waals surface area contributed by atoms with Gasteiger partial charge in [0.1, 0.15) is 11.1 Å². The Morgan fingerprint density at radius 1 is 1.07 bits per heavy atom. The van der Waals surface area contributed by atoms with Gasteiger partial charge < -0.3 is 9.47 Å². The zero-order valence-electron chi connectivity index (χ0n) is 14.9. The monoisotopic (exact) mass is 431 g/mol. The minimum atomic E-state index is -4.72. The second kappa shape index (κ2) is 6.71. The standard InChI is InChI=1S/C19H11F6NO4/c20-18(21,22)6-8-4-9(5-8)11-10-2-1-3-26-14(10)15(29-7-19(23,24)25)13-12(11)16(27)30-17(13)28/h1-4,9H,5-7H2. The van der Waals surface area contributed by atoms with Crippen LogP contribution in [0.4, 0.5) is 26.3 Å². The number of allylic oxidation sites excluding steroid dienone is 2. The summed E-state index contributed by atoms with van der Waals surface area (Å²) in [5, 5.41) is 0.201. The lowest BCUT2D eigenvalue weighted by atomic mass is 9.76. The zero-order chi connectivity index (χ0) is 21.8. The second-order valence-corrected chi connectivity index (χ2v) is 6.90. The van der Waals surface area contributed by atoms with Crippen molar-refractivity contribution in [1.29, 1.82) is 0 Å². The Balaban J connectivity index is 1.88. The van der Waals surface area contributed by atoms with Crippen LogP contribution < -0.4 is 4.74 Å². The van der Waals surface area contributed by atoms with Crippen molar-refractivity contribution in [2.45, 2.75) is 31.1 Å². The maximum atomic E-state index is 12.7. The number of carbonyl (C=O) groups is 2. The number of halogens is 6. The molecular formula is C19H11F6NO4. The van der Waals surface area contributed by atoms with Crippen LogP contribution in [0.1, 0.15) is 45.0 Å². The summed E-state index contributed by atoms with van der Waals surface area (Å²) in [7, 11) is 0. The largest absolute Gasteiger partial charge is 0.481 e. The molecule has 158 valence electrons. The van der Waals surface area contributed by atoms with E-state index in [1.807, 2.05) is 0 Å². The summed E-state index contributed by atoms with van der Waals surface area (Å²) >= 11 is 0. The van der Waals surface area contributed by atoms with Gasteiger partial charge >= 0.3 is 24.3 Å². The van der Waals surface area contributed by atoms with Gasteiger partial charge in [-0.05, 0) is 18.1 Å². The van der Waals surface area contributed by atoms with Gasteiger partial charge in [-0.25, -0.2) is 9.59 Å². The Bertz CT molecular complexity index is 1100. The van der Waals surface area contributed by atoms with Gasteiger partial charge in [0.25, 0.3) is 0 Å². The Morgan fingerprint density at radius 3 is 2.37 bits per heavy atom. The average molecular weight is 431 g/mol. The second-order valence-electron chi connectivity index (χ2n) is 6.90. The highest BCUT2D eigenvalue weighted by molar-refractivity contribution is 6.20. The normalized spacial score (nSPS) is 18.7. The van der Waals surface area contributed by atoms with E-state index in [-0.39, 0.29) is 34.0 Å². The summed E-state index contributed by atoms with van der Waals surface area (Å²) in [4.78, 5) is 28.5. The molecule has 0 N–H and O–H groups in total. The number of alkyl halides is 6. The molecule has 0 bridgehead atoms. The van der Waals surface area contributed by atoms with Gasteiger partial charge in [-0.15, -0.1) is 0 Å². The number of fused-ring (bicyclic) bond motifs is 2. The third kappa shape index (κ3) is 3.59. The molecule has 1 unspecified atom stereocenters. The fourth-order valence-corrected chi connectivity index (χ4v) is 3.68. The van der Waals surface area contributed by atoms with E-state index < -0.39 is 54.5 Å². The molecule has 1 aromatic heterocycles. The molecular weight excluding hydrogens is 420 g/mol. The highest BCUT2D eigenvalue weighted by Crippen LogP contribution is 2.48. The number of benzene rings is 1. The molecule has 0 spiro atoms. The van der Waals surface area contributed by atoms with Gasteiger partial charge in [-0.1, -0.05) is 17.7 Å². The maximum Gasteiger partial charge on any atom is 0.422 e. The topological polar surface area (TPSA) is 65.5 Å². The van der Waals surface area contributed by atoms with Gasteiger partial charge in [0, 0.05) is 17.5 Å². The van der Waals surface area contributed by atoms with Crippen molar-refractivity contribution in [2.24, 2.45) is 0 Å². The van der Waals surface area contributed by atoms with E-state index in [4.69, 9.17) is 4.74 Å². The third-order valence-electron chi connectivity index (χ3n) is 4.75. The first-order valence-electron chi connectivity index (χ1n) is 8.61. The number of esters is 2. The third-order valence-corrected chi connectivity index (χ3v) is 4.75. The number of cyclic esters (lactones) is 2. The number of pyridine rings is 1. The number of hydrogen-bond acceptors (Lipinski definition) is 5. The van der Waals surface area contributed by atoms with Crippen LogP contribution in [0.2, 0.25) is 0 Å². The highest BCUT2D eigenvalue weighted by atomic mass is 19.4. The van der Waals surface area contributed by atoms with Crippen molar-refractivity contribution >= 4 is 22.8 Å². The van der Waals surface area contributed by atoms with Crippen molar-refractivity contribution in [3.63, 3.8) is 0 Å². The molecule has 0 saturated heterocycles. The molecule has 0 fully saturated rings. The molecule has 1 aliphatic carbocycles. The Kier molecular flexibility index (Phi) is 4.51. The molecule has 2 heterocycles. The molecule has 2 aliphatic rings.